The molecule has 1 aliphatic heterocycles. The molecular formula is C12H18N2O3. The first-order chi connectivity index (χ1) is 8.10. The van der Waals surface area contributed by atoms with E-state index in [4.69, 9.17) is 11.5 Å². The van der Waals surface area contributed by atoms with Gasteiger partial charge in [0, 0.05) is 19.0 Å². The molecule has 0 aliphatic carbocycles. The number of urea groups is 1. The average molecular weight is 238 g/mol. The molecule has 1 saturated heterocycles. The van der Waals surface area contributed by atoms with Gasteiger partial charge in [0.05, 0.1) is 0 Å². The molecule has 2 amide bonds. The van der Waals surface area contributed by atoms with Crippen LogP contribution in [0.3, 0.4) is 0 Å². The molecule has 2 N–H and O–H groups in total. The normalized spacial score (nSPS) is 20.7. The Morgan fingerprint density at radius 3 is 2.88 bits per heavy atom. The lowest BCUT2D eigenvalue weighted by Crippen LogP contribution is -2.48. The number of carboxylic acids is 1. The minimum Gasteiger partial charge on any atom is -0.480 e. The SMILES string of the molecule is C#CCC(CC)NC(=O)N1CCCC1C(=O)O. The fourth-order valence-corrected chi connectivity index (χ4v) is 1.96. The zero-order valence-corrected chi connectivity index (χ0v) is 9.98. The van der Waals surface area contributed by atoms with E-state index in [1.807, 2.05) is 6.92 Å². The molecule has 1 heterocycles. The molecule has 0 aromatic heterocycles. The highest BCUT2D eigenvalue weighted by Gasteiger charge is 2.34. The van der Waals surface area contributed by atoms with E-state index in [0.717, 1.165) is 12.8 Å². The highest BCUT2D eigenvalue weighted by Crippen LogP contribution is 2.17. The Bertz CT molecular complexity index is 335. The van der Waals surface area contributed by atoms with Gasteiger partial charge in [0.15, 0.2) is 0 Å². The number of likely N-dealkylation sites (tertiary alicyclic amines) is 1. The van der Waals surface area contributed by atoms with Crippen LogP contribution >= 0.6 is 0 Å². The molecule has 1 fully saturated rings. The topological polar surface area (TPSA) is 69.6 Å². The van der Waals surface area contributed by atoms with E-state index in [1.54, 1.807) is 0 Å². The van der Waals surface area contributed by atoms with E-state index in [2.05, 4.69) is 11.2 Å². The number of nitrogens with zero attached hydrogens (tertiary/aromatic N) is 1. The molecule has 0 saturated carbocycles. The average Bonchev–Trinajstić information content (AvgIpc) is 2.77. The Kier molecular flexibility index (Phi) is 4.83. The minimum absolute atomic E-state index is 0.0810. The summed E-state index contributed by atoms with van der Waals surface area (Å²) in [4.78, 5) is 24.2. The van der Waals surface area contributed by atoms with Crippen LogP contribution in [0.25, 0.3) is 0 Å². The van der Waals surface area contributed by atoms with Crippen molar-refractivity contribution in [1.29, 1.82) is 0 Å². The third kappa shape index (κ3) is 3.38. The summed E-state index contributed by atoms with van der Waals surface area (Å²) in [5, 5.41) is 11.7. The molecule has 1 rings (SSSR count). The van der Waals surface area contributed by atoms with Crippen LogP contribution in [0.15, 0.2) is 0 Å². The molecule has 5 nitrogen and oxygen atoms in total. The van der Waals surface area contributed by atoms with Crippen molar-refractivity contribution in [1.82, 2.24) is 10.2 Å². The predicted octanol–water partition coefficient (Wildman–Crippen LogP) is 1.05. The summed E-state index contributed by atoms with van der Waals surface area (Å²) in [6, 6.07) is -1.10. The summed E-state index contributed by atoms with van der Waals surface area (Å²) < 4.78 is 0. The molecule has 0 radical (unpaired) electrons. The van der Waals surface area contributed by atoms with Crippen LogP contribution in [0.2, 0.25) is 0 Å². The Hall–Kier alpha value is -1.70. The highest BCUT2D eigenvalue weighted by atomic mass is 16.4. The summed E-state index contributed by atoms with van der Waals surface area (Å²) >= 11 is 0. The maximum Gasteiger partial charge on any atom is 0.326 e. The largest absolute Gasteiger partial charge is 0.480 e. The van der Waals surface area contributed by atoms with Crippen molar-refractivity contribution in [2.24, 2.45) is 0 Å². The lowest BCUT2D eigenvalue weighted by Gasteiger charge is -2.24. The predicted molar refractivity (Wildman–Crippen MR) is 63.4 cm³/mol. The second-order valence-electron chi connectivity index (χ2n) is 4.15. The zero-order chi connectivity index (χ0) is 12.8. The van der Waals surface area contributed by atoms with Crippen LogP contribution in [-0.4, -0.2) is 40.6 Å². The van der Waals surface area contributed by atoms with Crippen molar-refractivity contribution in [3.63, 3.8) is 0 Å². The van der Waals surface area contributed by atoms with Crippen molar-refractivity contribution in [3.8, 4) is 12.3 Å². The van der Waals surface area contributed by atoms with Gasteiger partial charge in [0.1, 0.15) is 6.04 Å². The van der Waals surface area contributed by atoms with E-state index in [-0.39, 0.29) is 12.1 Å². The number of hydrogen-bond donors (Lipinski definition) is 2. The van der Waals surface area contributed by atoms with Crippen molar-refractivity contribution in [3.05, 3.63) is 0 Å². The van der Waals surface area contributed by atoms with Crippen LogP contribution in [0.4, 0.5) is 4.79 Å². The maximum absolute atomic E-state index is 11.9. The number of rotatable bonds is 4. The first-order valence-electron chi connectivity index (χ1n) is 5.83. The van der Waals surface area contributed by atoms with Gasteiger partial charge in [-0.2, -0.15) is 0 Å². The number of aliphatic carboxylic acids is 1. The summed E-state index contributed by atoms with van der Waals surface area (Å²) in [5.41, 5.74) is 0. The summed E-state index contributed by atoms with van der Waals surface area (Å²) in [5.74, 6) is 1.56. The maximum atomic E-state index is 11.9. The van der Waals surface area contributed by atoms with Crippen molar-refractivity contribution in [2.45, 2.75) is 44.7 Å². The molecule has 17 heavy (non-hydrogen) atoms. The quantitative estimate of drug-likeness (QED) is 0.719. The van der Waals surface area contributed by atoms with Gasteiger partial charge in [0.25, 0.3) is 0 Å². The molecule has 2 unspecified atom stereocenters. The first kappa shape index (κ1) is 13.4. The minimum atomic E-state index is -0.942. The van der Waals surface area contributed by atoms with Crippen LogP contribution in [-0.2, 0) is 4.79 Å². The van der Waals surface area contributed by atoms with Crippen molar-refractivity contribution < 1.29 is 14.7 Å². The van der Waals surface area contributed by atoms with Gasteiger partial charge in [-0.05, 0) is 19.3 Å². The summed E-state index contributed by atoms with van der Waals surface area (Å²) in [7, 11) is 0. The van der Waals surface area contributed by atoms with E-state index in [1.165, 1.54) is 4.90 Å². The van der Waals surface area contributed by atoms with Crippen LogP contribution < -0.4 is 5.32 Å². The van der Waals surface area contributed by atoms with Gasteiger partial charge in [-0.15, -0.1) is 12.3 Å². The third-order valence-electron chi connectivity index (χ3n) is 2.98. The monoisotopic (exact) mass is 238 g/mol. The van der Waals surface area contributed by atoms with Crippen molar-refractivity contribution >= 4 is 12.0 Å². The van der Waals surface area contributed by atoms with Gasteiger partial charge >= 0.3 is 12.0 Å². The number of carbonyl (C=O) groups is 2. The molecule has 0 aromatic rings. The number of nitrogens with one attached hydrogen (secondary N) is 1. The number of amides is 2. The number of hydrogen-bond acceptors (Lipinski definition) is 2. The van der Waals surface area contributed by atoms with Crippen molar-refractivity contribution in [2.75, 3.05) is 6.54 Å². The highest BCUT2D eigenvalue weighted by molar-refractivity contribution is 5.83. The second-order valence-corrected chi connectivity index (χ2v) is 4.15. The lowest BCUT2D eigenvalue weighted by molar-refractivity contribution is -0.141. The van der Waals surface area contributed by atoms with Gasteiger partial charge in [-0.1, -0.05) is 6.92 Å². The van der Waals surface area contributed by atoms with Gasteiger partial charge in [-0.25, -0.2) is 9.59 Å². The smallest absolute Gasteiger partial charge is 0.326 e. The van der Waals surface area contributed by atoms with E-state index < -0.39 is 12.0 Å². The van der Waals surface area contributed by atoms with Gasteiger partial charge in [0.2, 0.25) is 0 Å². The zero-order valence-electron chi connectivity index (χ0n) is 9.98. The van der Waals surface area contributed by atoms with E-state index >= 15 is 0 Å². The second kappa shape index (κ2) is 6.14. The summed E-state index contributed by atoms with van der Waals surface area (Å²) in [6.45, 7) is 2.43. The molecule has 1 aliphatic rings. The van der Waals surface area contributed by atoms with Crippen LogP contribution in [0.5, 0.6) is 0 Å². The fourth-order valence-electron chi connectivity index (χ4n) is 1.96. The molecule has 5 heteroatoms. The standard InChI is InChI=1S/C12H18N2O3/c1-3-6-9(4-2)13-12(17)14-8-5-7-10(14)11(15)16/h1,9-10H,4-8H2,2H3,(H,13,17)(H,15,16). The van der Waals surface area contributed by atoms with Crippen LogP contribution in [0, 0.1) is 12.3 Å². The first-order valence-corrected chi connectivity index (χ1v) is 5.83. The molecule has 94 valence electrons. The lowest BCUT2D eigenvalue weighted by atomic mass is 10.1. The van der Waals surface area contributed by atoms with Gasteiger partial charge in [-0.3, -0.25) is 0 Å². The number of carboxylic acid groups (broad SMARTS) is 1. The Morgan fingerprint density at radius 1 is 1.65 bits per heavy atom. The third-order valence-corrected chi connectivity index (χ3v) is 2.98. The number of terminal acetylenes is 1. The fraction of sp³-hybridized carbons (Fsp3) is 0.667. The Labute approximate surface area is 101 Å². The molecular weight excluding hydrogens is 220 g/mol. The molecule has 0 bridgehead atoms. The van der Waals surface area contributed by atoms with Gasteiger partial charge < -0.3 is 15.3 Å². The van der Waals surface area contributed by atoms with Crippen LogP contribution in [0.1, 0.15) is 32.6 Å². The Morgan fingerprint density at radius 2 is 2.35 bits per heavy atom. The number of carbonyl (C=O) groups excluding carboxylic acids is 1. The molecule has 0 aromatic carbocycles. The Balaban J connectivity index is 2.57. The van der Waals surface area contributed by atoms with E-state index in [9.17, 15) is 9.59 Å². The van der Waals surface area contributed by atoms with E-state index in [0.29, 0.717) is 19.4 Å². The molecule has 2 atom stereocenters. The summed E-state index contributed by atoms with van der Waals surface area (Å²) in [6.07, 6.45) is 7.66. The molecule has 0 spiro atoms.